The molecule has 3 N–H and O–H groups in total. The third kappa shape index (κ3) is 2.06. The number of halogens is 1. The van der Waals surface area contributed by atoms with Gasteiger partial charge in [0.1, 0.15) is 11.6 Å². The second-order valence-corrected chi connectivity index (χ2v) is 5.13. The number of anilines is 2. The average Bonchev–Trinajstić information content (AvgIpc) is 2.84. The Bertz CT molecular complexity index is 778. The predicted octanol–water partition coefficient (Wildman–Crippen LogP) is 2.93. The Morgan fingerprint density at radius 3 is 2.70 bits per heavy atom. The molecule has 0 bridgehead atoms. The minimum Gasteiger partial charge on any atom is -0.397 e. The third-order valence-electron chi connectivity index (χ3n) is 3.10. The first-order chi connectivity index (χ1) is 9.56. The van der Waals surface area contributed by atoms with E-state index in [9.17, 15) is 0 Å². The molecule has 0 unspecified atom stereocenters. The molecule has 20 heavy (non-hydrogen) atoms. The molecule has 102 valence electrons. The molecule has 3 rings (SSSR count). The van der Waals surface area contributed by atoms with Crippen molar-refractivity contribution in [3.05, 3.63) is 35.4 Å². The van der Waals surface area contributed by atoms with Gasteiger partial charge in [-0.15, -0.1) is 0 Å². The monoisotopic (exact) mass is 287 g/mol. The third-order valence-corrected chi connectivity index (χ3v) is 3.43. The lowest BCUT2D eigenvalue weighted by molar-refractivity contribution is 1.08. The summed E-state index contributed by atoms with van der Waals surface area (Å²) in [6, 6.07) is 9.37. The number of para-hydroxylation sites is 1. The number of nitrogens with zero attached hydrogens (tertiary/aromatic N) is 3. The topological polar surface area (TPSA) is 70.8 Å². The molecule has 5 nitrogen and oxygen atoms in total. The van der Waals surface area contributed by atoms with Gasteiger partial charge in [-0.2, -0.15) is 0 Å². The number of imidazole rings is 1. The van der Waals surface area contributed by atoms with Crippen LogP contribution in [0.25, 0.3) is 22.6 Å². The SMILES string of the molecule is CN(C)c1ccc2[nH]c(-c3cccc(Cl)c3N)nc2n1. The molecular weight excluding hydrogens is 274 g/mol. The predicted molar refractivity (Wildman–Crippen MR) is 83.1 cm³/mol. The number of pyridine rings is 1. The molecule has 0 amide bonds. The molecular formula is C14H14ClN5. The van der Waals surface area contributed by atoms with Crippen molar-refractivity contribution >= 4 is 34.3 Å². The molecule has 0 saturated carbocycles. The molecule has 0 atom stereocenters. The molecule has 0 fully saturated rings. The maximum atomic E-state index is 6.04. The van der Waals surface area contributed by atoms with Gasteiger partial charge < -0.3 is 15.6 Å². The van der Waals surface area contributed by atoms with Crippen LogP contribution >= 0.6 is 11.6 Å². The Balaban J connectivity index is 2.15. The maximum absolute atomic E-state index is 6.04. The number of fused-ring (bicyclic) bond motifs is 1. The van der Waals surface area contributed by atoms with Crippen LogP contribution in [0.2, 0.25) is 5.02 Å². The minimum atomic E-state index is 0.515. The molecule has 0 saturated heterocycles. The van der Waals surface area contributed by atoms with Gasteiger partial charge in [0.15, 0.2) is 5.65 Å². The van der Waals surface area contributed by atoms with Crippen molar-refractivity contribution in [2.24, 2.45) is 0 Å². The Labute approximate surface area is 121 Å². The van der Waals surface area contributed by atoms with E-state index in [4.69, 9.17) is 17.3 Å². The molecule has 0 aliphatic rings. The van der Waals surface area contributed by atoms with Crippen molar-refractivity contribution in [2.75, 3.05) is 24.7 Å². The van der Waals surface area contributed by atoms with Crippen LogP contribution in [0, 0.1) is 0 Å². The molecule has 6 heteroatoms. The summed E-state index contributed by atoms with van der Waals surface area (Å²) in [6.45, 7) is 0. The van der Waals surface area contributed by atoms with E-state index in [1.54, 1.807) is 6.07 Å². The summed E-state index contributed by atoms with van der Waals surface area (Å²) in [5.74, 6) is 1.53. The van der Waals surface area contributed by atoms with Gasteiger partial charge in [-0.1, -0.05) is 17.7 Å². The van der Waals surface area contributed by atoms with Gasteiger partial charge in [-0.05, 0) is 24.3 Å². The van der Waals surface area contributed by atoms with E-state index in [0.717, 1.165) is 16.9 Å². The normalized spacial score (nSPS) is 10.9. The number of H-pyrrole nitrogens is 1. The van der Waals surface area contributed by atoms with Crippen molar-refractivity contribution in [3.8, 4) is 11.4 Å². The van der Waals surface area contributed by atoms with Gasteiger partial charge in [0.2, 0.25) is 0 Å². The summed E-state index contributed by atoms with van der Waals surface area (Å²) in [5, 5.41) is 0.518. The maximum Gasteiger partial charge on any atom is 0.180 e. The van der Waals surface area contributed by atoms with Gasteiger partial charge in [0.25, 0.3) is 0 Å². The number of aromatic amines is 1. The van der Waals surface area contributed by atoms with E-state index in [-0.39, 0.29) is 0 Å². The number of nitrogens with two attached hydrogens (primary N) is 1. The summed E-state index contributed by atoms with van der Waals surface area (Å²) in [6.07, 6.45) is 0. The van der Waals surface area contributed by atoms with Crippen LogP contribution in [0.15, 0.2) is 30.3 Å². The second-order valence-electron chi connectivity index (χ2n) is 4.72. The van der Waals surface area contributed by atoms with Crippen LogP contribution < -0.4 is 10.6 Å². The van der Waals surface area contributed by atoms with Crippen molar-refractivity contribution in [1.82, 2.24) is 15.0 Å². The second kappa shape index (κ2) is 4.68. The van der Waals surface area contributed by atoms with Gasteiger partial charge in [-0.25, -0.2) is 9.97 Å². The van der Waals surface area contributed by atoms with E-state index in [1.807, 2.05) is 43.3 Å². The lowest BCUT2D eigenvalue weighted by Gasteiger charge is -2.09. The van der Waals surface area contributed by atoms with E-state index in [0.29, 0.717) is 22.2 Å². The summed E-state index contributed by atoms with van der Waals surface area (Å²) < 4.78 is 0. The lowest BCUT2D eigenvalue weighted by Crippen LogP contribution is -2.10. The van der Waals surface area contributed by atoms with E-state index in [1.165, 1.54) is 0 Å². The Hall–Kier alpha value is -2.27. The smallest absolute Gasteiger partial charge is 0.180 e. The standard InChI is InChI=1S/C14H14ClN5/c1-20(2)11-7-6-10-14(18-11)19-13(17-10)8-4-3-5-9(15)12(8)16/h3-7H,16H2,1-2H3,(H,17,18,19). The molecule has 0 aliphatic carbocycles. The number of nitrogens with one attached hydrogen (secondary N) is 1. The largest absolute Gasteiger partial charge is 0.397 e. The summed E-state index contributed by atoms with van der Waals surface area (Å²) in [5.41, 5.74) is 8.81. The quantitative estimate of drug-likeness (QED) is 0.711. The molecule has 0 spiro atoms. The Morgan fingerprint density at radius 2 is 1.95 bits per heavy atom. The van der Waals surface area contributed by atoms with Gasteiger partial charge in [0.05, 0.1) is 16.2 Å². The summed E-state index contributed by atoms with van der Waals surface area (Å²) in [7, 11) is 3.88. The number of hydrogen-bond donors (Lipinski definition) is 2. The zero-order chi connectivity index (χ0) is 14.3. The highest BCUT2D eigenvalue weighted by molar-refractivity contribution is 6.33. The zero-order valence-corrected chi connectivity index (χ0v) is 11.9. The first-order valence-electron chi connectivity index (χ1n) is 6.14. The van der Waals surface area contributed by atoms with E-state index in [2.05, 4.69) is 15.0 Å². The highest BCUT2D eigenvalue weighted by atomic mass is 35.5. The van der Waals surface area contributed by atoms with Gasteiger partial charge in [-0.3, -0.25) is 0 Å². The van der Waals surface area contributed by atoms with Crippen molar-refractivity contribution < 1.29 is 0 Å². The zero-order valence-electron chi connectivity index (χ0n) is 11.2. The van der Waals surface area contributed by atoms with Crippen molar-refractivity contribution in [2.45, 2.75) is 0 Å². The fourth-order valence-electron chi connectivity index (χ4n) is 2.00. The number of hydrogen-bond acceptors (Lipinski definition) is 4. The fraction of sp³-hybridized carbons (Fsp3) is 0.143. The molecule has 0 aliphatic heterocycles. The average molecular weight is 288 g/mol. The minimum absolute atomic E-state index is 0.515. The summed E-state index contributed by atoms with van der Waals surface area (Å²) in [4.78, 5) is 14.1. The lowest BCUT2D eigenvalue weighted by atomic mass is 10.2. The van der Waals surface area contributed by atoms with Gasteiger partial charge >= 0.3 is 0 Å². The fourth-order valence-corrected chi connectivity index (χ4v) is 2.18. The van der Waals surface area contributed by atoms with Crippen LogP contribution in [0.3, 0.4) is 0 Å². The highest BCUT2D eigenvalue weighted by Gasteiger charge is 2.11. The van der Waals surface area contributed by atoms with Gasteiger partial charge in [0, 0.05) is 19.7 Å². The first kappa shape index (κ1) is 12.7. The van der Waals surface area contributed by atoms with Crippen LogP contribution in [-0.2, 0) is 0 Å². The molecule has 1 aromatic carbocycles. The Morgan fingerprint density at radius 1 is 1.15 bits per heavy atom. The van der Waals surface area contributed by atoms with Crippen LogP contribution in [-0.4, -0.2) is 29.0 Å². The van der Waals surface area contributed by atoms with E-state index < -0.39 is 0 Å². The number of aromatic nitrogens is 3. The van der Waals surface area contributed by atoms with E-state index >= 15 is 0 Å². The van der Waals surface area contributed by atoms with Crippen molar-refractivity contribution in [3.63, 3.8) is 0 Å². The van der Waals surface area contributed by atoms with Crippen LogP contribution in [0.1, 0.15) is 0 Å². The molecule has 3 aromatic rings. The number of rotatable bonds is 2. The molecule has 0 radical (unpaired) electrons. The summed E-state index contributed by atoms with van der Waals surface area (Å²) >= 11 is 6.04. The van der Waals surface area contributed by atoms with Crippen LogP contribution in [0.4, 0.5) is 11.5 Å². The van der Waals surface area contributed by atoms with Crippen LogP contribution in [0.5, 0.6) is 0 Å². The number of benzene rings is 1. The molecule has 2 aromatic heterocycles. The Kier molecular flexibility index (Phi) is 2.99. The number of nitrogen functional groups attached to an aromatic ring is 1. The first-order valence-corrected chi connectivity index (χ1v) is 6.52. The highest BCUT2D eigenvalue weighted by Crippen LogP contribution is 2.30. The van der Waals surface area contributed by atoms with Crippen molar-refractivity contribution in [1.29, 1.82) is 0 Å². The molecule has 2 heterocycles.